The van der Waals surface area contributed by atoms with Crippen molar-refractivity contribution in [2.24, 2.45) is 5.92 Å². The zero-order valence-corrected chi connectivity index (χ0v) is 25.0. The zero-order chi connectivity index (χ0) is 25.6. The largest absolute Gasteiger partial charge is 0.493 e. The maximum Gasteiger partial charge on any atom is 0.132 e. The molecule has 0 spiro atoms. The summed E-state index contributed by atoms with van der Waals surface area (Å²) < 4.78 is 14.9. The van der Waals surface area contributed by atoms with Crippen LogP contribution in [0.1, 0.15) is 37.6 Å². The van der Waals surface area contributed by atoms with E-state index in [2.05, 4.69) is 101 Å². The molecule has 2 aromatic carbocycles. The van der Waals surface area contributed by atoms with E-state index in [4.69, 9.17) is 21.1 Å². The van der Waals surface area contributed by atoms with Crippen molar-refractivity contribution in [3.05, 3.63) is 66.6 Å². The molecule has 1 aromatic heterocycles. The molecule has 0 radical (unpaired) electrons. The number of benzene rings is 2. The molecule has 35 heavy (non-hydrogen) atoms. The first-order chi connectivity index (χ1) is 16.6. The summed E-state index contributed by atoms with van der Waals surface area (Å²) in [7, 11) is 0. The number of alkyl halides is 1. The quantitative estimate of drug-likeness (QED) is 0.202. The molecule has 7 nitrogen and oxygen atoms in total. The lowest BCUT2D eigenvalue weighted by atomic mass is 9.78. The van der Waals surface area contributed by atoms with Crippen LogP contribution in [0.15, 0.2) is 42.5 Å². The van der Waals surface area contributed by atoms with Crippen molar-refractivity contribution in [2.45, 2.75) is 45.4 Å². The number of rotatable bonds is 12. The second-order valence-electron chi connectivity index (χ2n) is 9.00. The van der Waals surface area contributed by atoms with Crippen LogP contribution in [0.2, 0.25) is 0 Å². The van der Waals surface area contributed by atoms with Gasteiger partial charge in [0.05, 0.1) is 23.3 Å². The normalized spacial score (nSPS) is 13.5. The Balaban J connectivity index is 1.62. The molecule has 0 amide bonds. The van der Waals surface area contributed by atoms with Crippen LogP contribution < -0.4 is 9.47 Å². The summed E-state index contributed by atoms with van der Waals surface area (Å²) in [6.07, 6.45) is -0.767. The first kappa shape index (κ1) is 28.4. The number of nitrogens with zero attached hydrogens (tertiary/aromatic N) is 3. The summed E-state index contributed by atoms with van der Waals surface area (Å²) in [6, 6.07) is 14.3. The standard InChI is InChI=1S/C25H30ClI2N3O4/c1-16(11-26)14-34-20-7-4-17(5-8-20)25(2,3)18-6-9-23(21(27)10-18)35-15-19(33)12-31-24(28)22(13-32)29-30-31/h4-10,16,19,32-33H,11-15H2,1-3H3/t16-,19+/m0/s1/i28-4. The van der Waals surface area contributed by atoms with Crippen LogP contribution in [0.3, 0.4) is 0 Å². The second kappa shape index (κ2) is 12.9. The van der Waals surface area contributed by atoms with Crippen molar-refractivity contribution in [3.8, 4) is 11.5 Å². The first-order valence-corrected chi connectivity index (χ1v) is 13.9. The molecular weight excluding hydrogens is 692 g/mol. The van der Waals surface area contributed by atoms with Crippen LogP contribution in [-0.4, -0.2) is 50.4 Å². The lowest BCUT2D eigenvalue weighted by Gasteiger charge is -2.27. The van der Waals surface area contributed by atoms with Crippen LogP contribution in [-0.2, 0) is 18.6 Å². The van der Waals surface area contributed by atoms with Gasteiger partial charge in [-0.25, -0.2) is 4.68 Å². The van der Waals surface area contributed by atoms with Gasteiger partial charge in [0.15, 0.2) is 0 Å². The number of hydrogen-bond acceptors (Lipinski definition) is 6. The Morgan fingerprint density at radius 3 is 2.40 bits per heavy atom. The molecule has 190 valence electrons. The molecule has 0 aliphatic carbocycles. The Labute approximate surface area is 238 Å². The Kier molecular flexibility index (Phi) is 10.5. The maximum atomic E-state index is 10.4. The summed E-state index contributed by atoms with van der Waals surface area (Å²) in [6.45, 7) is 7.21. The Hall–Kier alpha value is -1.15. The molecule has 0 fully saturated rings. The molecule has 10 heteroatoms. The average Bonchev–Trinajstić information content (AvgIpc) is 3.20. The van der Waals surface area contributed by atoms with E-state index < -0.39 is 6.10 Å². The van der Waals surface area contributed by atoms with Gasteiger partial charge in [-0.15, -0.1) is 16.7 Å². The summed E-state index contributed by atoms with van der Waals surface area (Å²) in [5.41, 5.74) is 2.62. The molecule has 1 heterocycles. The predicted molar refractivity (Wildman–Crippen MR) is 153 cm³/mol. The molecule has 0 aliphatic rings. The van der Waals surface area contributed by atoms with Gasteiger partial charge < -0.3 is 19.7 Å². The average molecular weight is 722 g/mol. The van der Waals surface area contributed by atoms with Gasteiger partial charge in [0.25, 0.3) is 0 Å². The third-order valence-corrected chi connectivity index (χ3v) is 8.28. The van der Waals surface area contributed by atoms with E-state index in [9.17, 15) is 10.2 Å². The molecule has 2 N–H and O–H groups in total. The van der Waals surface area contributed by atoms with E-state index >= 15 is 0 Å². The number of halogens is 3. The van der Waals surface area contributed by atoms with Gasteiger partial charge in [-0.1, -0.05) is 44.2 Å². The molecule has 0 saturated heterocycles. The van der Waals surface area contributed by atoms with E-state index in [-0.39, 0.29) is 25.2 Å². The van der Waals surface area contributed by atoms with Crippen LogP contribution in [0, 0.1) is 13.2 Å². The molecule has 0 aliphatic heterocycles. The number of ether oxygens (including phenoxy) is 2. The highest BCUT2D eigenvalue weighted by Gasteiger charge is 2.24. The van der Waals surface area contributed by atoms with Crippen molar-refractivity contribution in [3.63, 3.8) is 0 Å². The SMILES string of the molecule is C[C@@H](CCl)COc1ccc(C(C)(C)c2ccc(OC[C@H](O)Cn3nnc(CO)c3[123I])c(I)c2)cc1. The van der Waals surface area contributed by atoms with E-state index in [0.29, 0.717) is 33.5 Å². The fourth-order valence-electron chi connectivity index (χ4n) is 3.41. The molecule has 0 unspecified atom stereocenters. The van der Waals surface area contributed by atoms with Gasteiger partial charge in [-0.3, -0.25) is 0 Å². The smallest absolute Gasteiger partial charge is 0.132 e. The Morgan fingerprint density at radius 2 is 1.80 bits per heavy atom. The summed E-state index contributed by atoms with van der Waals surface area (Å²) in [5, 5.41) is 27.5. The Bertz CT molecular complexity index is 1110. The summed E-state index contributed by atoms with van der Waals surface area (Å²) >= 11 is 10.2. The minimum Gasteiger partial charge on any atom is -0.493 e. The van der Waals surface area contributed by atoms with E-state index in [1.807, 2.05) is 18.2 Å². The van der Waals surface area contributed by atoms with Crippen LogP contribution in [0.5, 0.6) is 11.5 Å². The van der Waals surface area contributed by atoms with Gasteiger partial charge in [0.2, 0.25) is 0 Å². The van der Waals surface area contributed by atoms with Gasteiger partial charge in [0.1, 0.15) is 33.6 Å². The van der Waals surface area contributed by atoms with Crippen molar-refractivity contribution in [2.75, 3.05) is 19.1 Å². The van der Waals surface area contributed by atoms with E-state index in [0.717, 1.165) is 14.9 Å². The van der Waals surface area contributed by atoms with Gasteiger partial charge in [-0.05, 0) is 80.6 Å². The monoisotopic (exact) mass is 721 g/mol. The summed E-state index contributed by atoms with van der Waals surface area (Å²) in [4.78, 5) is 0. The molecular formula is C25H30ClI2N3O4. The van der Waals surface area contributed by atoms with Crippen LogP contribution in [0.4, 0.5) is 0 Å². The first-order valence-electron chi connectivity index (χ1n) is 11.2. The molecule has 3 aromatic rings. The highest BCUT2D eigenvalue weighted by atomic mass is 127. The third kappa shape index (κ3) is 7.43. The zero-order valence-electron chi connectivity index (χ0n) is 19.9. The number of aromatic nitrogens is 3. The summed E-state index contributed by atoms with van der Waals surface area (Å²) in [5.74, 6) is 2.44. The predicted octanol–water partition coefficient (Wildman–Crippen LogP) is 5.00. The van der Waals surface area contributed by atoms with Crippen molar-refractivity contribution in [1.29, 1.82) is 0 Å². The van der Waals surface area contributed by atoms with E-state index in [1.54, 1.807) is 4.68 Å². The van der Waals surface area contributed by atoms with Gasteiger partial charge >= 0.3 is 0 Å². The third-order valence-electron chi connectivity index (χ3n) is 5.73. The van der Waals surface area contributed by atoms with Gasteiger partial charge in [0, 0.05) is 17.2 Å². The van der Waals surface area contributed by atoms with Crippen molar-refractivity contribution < 1.29 is 19.7 Å². The van der Waals surface area contributed by atoms with Crippen LogP contribution >= 0.6 is 56.8 Å². The second-order valence-corrected chi connectivity index (χ2v) is 11.5. The highest BCUT2D eigenvalue weighted by Crippen LogP contribution is 2.35. The molecule has 3 rings (SSSR count). The number of aliphatic hydroxyl groups is 2. The lowest BCUT2D eigenvalue weighted by Crippen LogP contribution is -2.25. The number of hydrogen-bond donors (Lipinski definition) is 2. The molecule has 2 atom stereocenters. The topological polar surface area (TPSA) is 89.6 Å². The fourth-order valence-corrected chi connectivity index (χ4v) is 4.75. The fraction of sp³-hybridized carbons (Fsp3) is 0.440. The van der Waals surface area contributed by atoms with Crippen LogP contribution in [0.25, 0.3) is 0 Å². The minimum atomic E-state index is -0.767. The van der Waals surface area contributed by atoms with E-state index in [1.165, 1.54) is 5.56 Å². The lowest BCUT2D eigenvalue weighted by molar-refractivity contribution is 0.0877. The minimum absolute atomic E-state index is 0.118. The molecule has 0 saturated carbocycles. The van der Waals surface area contributed by atoms with Crippen molar-refractivity contribution in [1.82, 2.24) is 15.0 Å². The molecule has 0 bridgehead atoms. The van der Waals surface area contributed by atoms with Crippen molar-refractivity contribution >= 4 is 56.8 Å². The Morgan fingerprint density at radius 1 is 1.11 bits per heavy atom. The maximum absolute atomic E-state index is 10.4. The van der Waals surface area contributed by atoms with Gasteiger partial charge in [-0.2, -0.15) is 0 Å². The highest BCUT2D eigenvalue weighted by molar-refractivity contribution is 14.1. The number of aliphatic hydroxyl groups excluding tert-OH is 2.